The van der Waals surface area contributed by atoms with E-state index in [-0.39, 0.29) is 6.04 Å². The quantitative estimate of drug-likeness (QED) is 0.686. The maximum atomic E-state index is 12.6. The van der Waals surface area contributed by atoms with Crippen molar-refractivity contribution in [2.75, 3.05) is 11.9 Å². The predicted molar refractivity (Wildman–Crippen MR) is 81.6 cm³/mol. The molecule has 0 unspecified atom stereocenters. The minimum Gasteiger partial charge on any atom is -0.207 e. The van der Waals surface area contributed by atoms with Crippen LogP contribution >= 0.6 is 31.9 Å². The van der Waals surface area contributed by atoms with Gasteiger partial charge in [0.15, 0.2) is 0 Å². The largest absolute Gasteiger partial charge is 0.244 e. The zero-order chi connectivity index (χ0) is 13.8. The predicted octanol–water partition coefficient (Wildman–Crippen LogP) is 3.63. The number of sulfonamides is 1. The summed E-state index contributed by atoms with van der Waals surface area (Å²) in [4.78, 5) is 0.327. The lowest BCUT2D eigenvalue weighted by Crippen LogP contribution is -2.38. The lowest BCUT2D eigenvalue weighted by molar-refractivity contribution is 0.355. The zero-order valence-electron chi connectivity index (χ0n) is 10.4. The highest BCUT2D eigenvalue weighted by Gasteiger charge is 2.27. The van der Waals surface area contributed by atoms with Crippen LogP contribution in [0.15, 0.2) is 33.6 Å². The molecule has 6 heteroatoms. The Balaban J connectivity index is 3.14. The Labute approximate surface area is 126 Å². The Bertz CT molecular complexity index is 489. The van der Waals surface area contributed by atoms with Gasteiger partial charge in [0.05, 0.1) is 4.90 Å². The Morgan fingerprint density at radius 1 is 1.28 bits per heavy atom. The van der Waals surface area contributed by atoms with Gasteiger partial charge in [0.25, 0.3) is 0 Å². The monoisotopic (exact) mass is 397 g/mol. The van der Waals surface area contributed by atoms with Crippen LogP contribution in [0, 0.1) is 0 Å². The van der Waals surface area contributed by atoms with Gasteiger partial charge in [-0.05, 0) is 48.3 Å². The highest BCUT2D eigenvalue weighted by Crippen LogP contribution is 2.26. The lowest BCUT2D eigenvalue weighted by Gasteiger charge is -2.26. The molecule has 0 radical (unpaired) electrons. The van der Waals surface area contributed by atoms with Crippen LogP contribution in [0.4, 0.5) is 0 Å². The van der Waals surface area contributed by atoms with E-state index in [0.29, 0.717) is 15.9 Å². The summed E-state index contributed by atoms with van der Waals surface area (Å²) >= 11 is 6.64. The molecule has 0 aromatic heterocycles. The molecule has 0 aliphatic rings. The zero-order valence-corrected chi connectivity index (χ0v) is 14.4. The molecule has 0 aliphatic carbocycles. The maximum Gasteiger partial charge on any atom is 0.244 e. The summed E-state index contributed by atoms with van der Waals surface area (Å²) in [7, 11) is -3.44. The third-order valence-electron chi connectivity index (χ3n) is 2.51. The second kappa shape index (κ2) is 7.03. The Kier molecular flexibility index (Phi) is 6.30. The van der Waals surface area contributed by atoms with E-state index in [2.05, 4.69) is 31.9 Å². The summed E-state index contributed by atoms with van der Waals surface area (Å²) in [6, 6.07) is 6.86. The maximum absolute atomic E-state index is 12.6. The van der Waals surface area contributed by atoms with Crippen molar-refractivity contribution in [1.82, 2.24) is 4.31 Å². The summed E-state index contributed by atoms with van der Waals surface area (Å²) in [5, 5.41) is 0.793. The van der Waals surface area contributed by atoms with Crippen LogP contribution in [0.1, 0.15) is 20.3 Å². The van der Waals surface area contributed by atoms with Gasteiger partial charge < -0.3 is 0 Å². The fourth-order valence-corrected chi connectivity index (χ4v) is 4.54. The fourth-order valence-electron chi connectivity index (χ4n) is 1.65. The van der Waals surface area contributed by atoms with Crippen molar-refractivity contribution in [3.8, 4) is 0 Å². The molecule has 1 rings (SSSR count). The van der Waals surface area contributed by atoms with Crippen molar-refractivity contribution in [1.29, 1.82) is 0 Å². The number of hydrogen-bond donors (Lipinski definition) is 0. The second-order valence-electron chi connectivity index (χ2n) is 4.18. The van der Waals surface area contributed by atoms with Crippen molar-refractivity contribution in [3.63, 3.8) is 0 Å². The van der Waals surface area contributed by atoms with Crippen molar-refractivity contribution in [3.05, 3.63) is 28.7 Å². The SMILES string of the molecule is CC(C)N(CCCBr)S(=O)(=O)c1ccccc1Br. The molecule has 0 aliphatic heterocycles. The number of halogens is 2. The summed E-state index contributed by atoms with van der Waals surface area (Å²) in [5.41, 5.74) is 0. The summed E-state index contributed by atoms with van der Waals surface area (Å²) in [6.07, 6.45) is 0.794. The summed E-state index contributed by atoms with van der Waals surface area (Å²) in [5.74, 6) is 0. The summed E-state index contributed by atoms with van der Waals surface area (Å²) < 4.78 is 27.3. The molecule has 1 aromatic carbocycles. The molecule has 1 aromatic rings. The van der Waals surface area contributed by atoms with Crippen LogP contribution in [0.3, 0.4) is 0 Å². The molecular weight excluding hydrogens is 382 g/mol. The minimum absolute atomic E-state index is 0.0545. The van der Waals surface area contributed by atoms with Gasteiger partial charge >= 0.3 is 0 Å². The smallest absolute Gasteiger partial charge is 0.207 e. The number of benzene rings is 1. The Morgan fingerprint density at radius 3 is 2.39 bits per heavy atom. The molecule has 0 heterocycles. The first-order valence-electron chi connectivity index (χ1n) is 5.73. The molecule has 0 N–H and O–H groups in total. The molecular formula is C12H17Br2NO2S. The van der Waals surface area contributed by atoms with Gasteiger partial charge in [0.1, 0.15) is 0 Å². The van der Waals surface area contributed by atoms with E-state index in [1.54, 1.807) is 24.3 Å². The third-order valence-corrected chi connectivity index (χ3v) is 6.16. The van der Waals surface area contributed by atoms with Gasteiger partial charge in [0, 0.05) is 22.4 Å². The van der Waals surface area contributed by atoms with E-state index in [1.807, 2.05) is 13.8 Å². The Morgan fingerprint density at radius 2 is 1.89 bits per heavy atom. The van der Waals surface area contributed by atoms with Gasteiger partial charge in [-0.1, -0.05) is 28.1 Å². The van der Waals surface area contributed by atoms with E-state index in [0.717, 1.165) is 11.8 Å². The number of nitrogens with zero attached hydrogens (tertiary/aromatic N) is 1. The van der Waals surface area contributed by atoms with Crippen LogP contribution in [-0.4, -0.2) is 30.6 Å². The molecule has 0 atom stereocenters. The van der Waals surface area contributed by atoms with Crippen LogP contribution in [0.5, 0.6) is 0 Å². The van der Waals surface area contributed by atoms with Gasteiger partial charge in [-0.25, -0.2) is 8.42 Å². The lowest BCUT2D eigenvalue weighted by atomic mass is 10.4. The van der Waals surface area contributed by atoms with Crippen molar-refractivity contribution in [2.45, 2.75) is 31.2 Å². The van der Waals surface area contributed by atoms with E-state index < -0.39 is 10.0 Å². The molecule has 0 saturated heterocycles. The highest BCUT2D eigenvalue weighted by atomic mass is 79.9. The average molecular weight is 399 g/mol. The van der Waals surface area contributed by atoms with Crippen LogP contribution in [-0.2, 0) is 10.0 Å². The molecule has 102 valence electrons. The first-order chi connectivity index (χ1) is 8.41. The van der Waals surface area contributed by atoms with Gasteiger partial charge in [-0.2, -0.15) is 4.31 Å². The normalized spacial score (nSPS) is 12.3. The van der Waals surface area contributed by atoms with E-state index in [1.165, 1.54) is 4.31 Å². The van der Waals surface area contributed by atoms with Crippen molar-refractivity contribution >= 4 is 41.9 Å². The molecule has 0 bridgehead atoms. The first-order valence-corrected chi connectivity index (χ1v) is 9.09. The second-order valence-corrected chi connectivity index (χ2v) is 7.69. The van der Waals surface area contributed by atoms with Crippen LogP contribution in [0.25, 0.3) is 0 Å². The van der Waals surface area contributed by atoms with Gasteiger partial charge in [-0.15, -0.1) is 0 Å². The fraction of sp³-hybridized carbons (Fsp3) is 0.500. The Hall–Kier alpha value is 0.0900. The highest BCUT2D eigenvalue weighted by molar-refractivity contribution is 9.10. The van der Waals surface area contributed by atoms with Crippen molar-refractivity contribution in [2.24, 2.45) is 0 Å². The standard InChI is InChI=1S/C12H17Br2NO2S/c1-10(2)15(9-5-8-13)18(16,17)12-7-4-3-6-11(12)14/h3-4,6-7,10H,5,8-9H2,1-2H3. The molecule has 0 amide bonds. The van der Waals surface area contributed by atoms with Crippen molar-refractivity contribution < 1.29 is 8.42 Å². The molecule has 3 nitrogen and oxygen atoms in total. The molecule has 0 spiro atoms. The summed E-state index contributed by atoms with van der Waals surface area (Å²) in [6.45, 7) is 4.30. The molecule has 0 saturated carbocycles. The van der Waals surface area contributed by atoms with E-state index in [4.69, 9.17) is 0 Å². The number of rotatable bonds is 6. The number of hydrogen-bond acceptors (Lipinski definition) is 2. The molecule has 0 fully saturated rings. The third kappa shape index (κ3) is 3.79. The van der Waals surface area contributed by atoms with Crippen LogP contribution < -0.4 is 0 Å². The van der Waals surface area contributed by atoms with Gasteiger partial charge in [0.2, 0.25) is 10.0 Å². The average Bonchev–Trinajstić information content (AvgIpc) is 2.29. The number of alkyl halides is 1. The molecule has 18 heavy (non-hydrogen) atoms. The van der Waals surface area contributed by atoms with E-state index >= 15 is 0 Å². The topological polar surface area (TPSA) is 37.4 Å². The minimum atomic E-state index is -3.44. The van der Waals surface area contributed by atoms with Gasteiger partial charge in [-0.3, -0.25) is 0 Å². The first kappa shape index (κ1) is 16.1. The van der Waals surface area contributed by atoms with E-state index in [9.17, 15) is 8.42 Å². The van der Waals surface area contributed by atoms with Crippen LogP contribution in [0.2, 0.25) is 0 Å².